The van der Waals surface area contributed by atoms with Gasteiger partial charge in [-0.2, -0.15) is 13.2 Å². The van der Waals surface area contributed by atoms with Crippen molar-refractivity contribution < 1.29 is 21.6 Å². The van der Waals surface area contributed by atoms with Crippen LogP contribution in [0.5, 0.6) is 0 Å². The van der Waals surface area contributed by atoms with Gasteiger partial charge in [0.2, 0.25) is 16.0 Å². The number of halogens is 4. The minimum atomic E-state index is -4.70. The third-order valence-electron chi connectivity index (χ3n) is 7.53. The van der Waals surface area contributed by atoms with E-state index in [0.717, 1.165) is 43.8 Å². The summed E-state index contributed by atoms with van der Waals surface area (Å²) in [6.07, 6.45) is 3.85. The minimum Gasteiger partial charge on any atom is -0.351 e. The second-order valence-corrected chi connectivity index (χ2v) is 12.9. The molecule has 14 heteroatoms. The van der Waals surface area contributed by atoms with E-state index >= 15 is 0 Å². The second kappa shape index (κ2) is 11.3. The Hall–Kier alpha value is -2.74. The van der Waals surface area contributed by atoms with Gasteiger partial charge in [-0.1, -0.05) is 31.0 Å². The third-order valence-corrected chi connectivity index (χ3v) is 9.11. The van der Waals surface area contributed by atoms with Gasteiger partial charge in [-0.05, 0) is 49.4 Å². The van der Waals surface area contributed by atoms with Crippen molar-refractivity contribution in [3.05, 3.63) is 53.1 Å². The average molecular weight is 598 g/mol. The Morgan fingerprint density at radius 2 is 1.98 bits per heavy atom. The van der Waals surface area contributed by atoms with Crippen molar-refractivity contribution >= 4 is 27.6 Å². The highest BCUT2D eigenvalue weighted by Gasteiger charge is 2.37. The van der Waals surface area contributed by atoms with Crippen LogP contribution in [-0.4, -0.2) is 64.2 Å². The molecule has 9 nitrogen and oxygen atoms in total. The monoisotopic (exact) mass is 597 g/mol. The van der Waals surface area contributed by atoms with Gasteiger partial charge in [-0.3, -0.25) is 0 Å². The average Bonchev–Trinajstić information content (AvgIpc) is 3.39. The van der Waals surface area contributed by atoms with E-state index in [1.165, 1.54) is 16.8 Å². The van der Waals surface area contributed by atoms with Gasteiger partial charge in [0.1, 0.15) is 23.3 Å². The lowest BCUT2D eigenvalue weighted by molar-refractivity contribution is -0.137. The van der Waals surface area contributed by atoms with Gasteiger partial charge in [0.15, 0.2) is 0 Å². The van der Waals surface area contributed by atoms with Crippen LogP contribution in [0.1, 0.15) is 49.8 Å². The molecule has 2 fully saturated rings. The van der Waals surface area contributed by atoms with E-state index in [4.69, 9.17) is 11.6 Å². The van der Waals surface area contributed by atoms with Crippen LogP contribution >= 0.6 is 11.6 Å². The molecule has 2 saturated heterocycles. The molecule has 0 spiro atoms. The summed E-state index contributed by atoms with van der Waals surface area (Å²) < 4.78 is 68.6. The number of nitrogens with zero attached hydrogens (tertiary/aromatic N) is 5. The quantitative estimate of drug-likeness (QED) is 0.416. The van der Waals surface area contributed by atoms with Crippen LogP contribution in [-0.2, 0) is 16.2 Å². The van der Waals surface area contributed by atoms with E-state index in [9.17, 15) is 21.6 Å². The first-order valence-electron chi connectivity index (χ1n) is 13.1. The molecule has 5 rings (SSSR count). The molecular weight excluding hydrogens is 567 g/mol. The standard InChI is InChI=1S/C26H31ClF3N7O2S/c1-16-13-37(40(2,38)39)10-8-20(16)34-25-32-12-18(26(28,29)30)24(35-25)22-14-36(15-33-22)23-7-6-17(11-19(23)27)21-5-3-4-9-31-21/h6-7,11-12,14-16,20-21,31H,3-5,8-10,13H2,1-2H3,(H,32,34,35)/t16-,20+,21?/m1/s1. The third kappa shape index (κ3) is 6.27. The first-order chi connectivity index (χ1) is 18.9. The van der Waals surface area contributed by atoms with Crippen molar-refractivity contribution in [2.75, 3.05) is 31.2 Å². The number of piperidine rings is 2. The van der Waals surface area contributed by atoms with E-state index in [1.54, 1.807) is 4.57 Å². The Morgan fingerprint density at radius 3 is 2.62 bits per heavy atom. The van der Waals surface area contributed by atoms with Crippen LogP contribution in [0.25, 0.3) is 17.1 Å². The van der Waals surface area contributed by atoms with Gasteiger partial charge >= 0.3 is 6.18 Å². The second-order valence-electron chi connectivity index (χ2n) is 10.5. The zero-order valence-electron chi connectivity index (χ0n) is 22.1. The molecule has 2 aliphatic heterocycles. The fourth-order valence-corrected chi connectivity index (χ4v) is 6.53. The van der Waals surface area contributed by atoms with Crippen molar-refractivity contribution in [1.82, 2.24) is 29.1 Å². The minimum absolute atomic E-state index is 0.0181. The molecule has 2 aromatic heterocycles. The normalized spacial score (nSPS) is 22.8. The highest BCUT2D eigenvalue weighted by Crippen LogP contribution is 2.37. The Labute approximate surface area is 236 Å². The molecule has 0 aliphatic carbocycles. The fourth-order valence-electron chi connectivity index (χ4n) is 5.31. The van der Waals surface area contributed by atoms with E-state index in [1.807, 2.05) is 25.1 Å². The largest absolute Gasteiger partial charge is 0.420 e. The molecule has 216 valence electrons. The lowest BCUT2D eigenvalue weighted by Gasteiger charge is -2.35. The number of nitrogens with one attached hydrogen (secondary N) is 2. The summed E-state index contributed by atoms with van der Waals surface area (Å²) in [4.78, 5) is 12.4. The van der Waals surface area contributed by atoms with Crippen molar-refractivity contribution in [3.8, 4) is 17.1 Å². The Bertz CT molecular complexity index is 1480. The molecule has 3 atom stereocenters. The van der Waals surface area contributed by atoms with Gasteiger partial charge in [-0.25, -0.2) is 27.7 Å². The first kappa shape index (κ1) is 28.8. The first-order valence-corrected chi connectivity index (χ1v) is 15.4. The topological polar surface area (TPSA) is 105 Å². The number of anilines is 1. The molecule has 2 aliphatic rings. The maximum atomic E-state index is 13.9. The van der Waals surface area contributed by atoms with Crippen LogP contribution in [0.15, 0.2) is 36.9 Å². The van der Waals surface area contributed by atoms with Gasteiger partial charge in [0, 0.05) is 37.6 Å². The molecule has 1 unspecified atom stereocenters. The van der Waals surface area contributed by atoms with Gasteiger partial charge in [0.25, 0.3) is 0 Å². The number of aromatic nitrogens is 4. The predicted molar refractivity (Wildman–Crippen MR) is 147 cm³/mol. The summed E-state index contributed by atoms with van der Waals surface area (Å²) in [6, 6.07) is 5.69. The van der Waals surface area contributed by atoms with Crippen LogP contribution in [0.2, 0.25) is 5.02 Å². The summed E-state index contributed by atoms with van der Waals surface area (Å²) in [5.74, 6) is -0.0875. The van der Waals surface area contributed by atoms with E-state index in [-0.39, 0.29) is 35.3 Å². The van der Waals surface area contributed by atoms with Crippen LogP contribution in [0.4, 0.5) is 19.1 Å². The maximum Gasteiger partial charge on any atom is 0.420 e. The summed E-state index contributed by atoms with van der Waals surface area (Å²) >= 11 is 6.59. The Balaban J connectivity index is 1.40. The number of hydrogen-bond donors (Lipinski definition) is 2. The smallest absolute Gasteiger partial charge is 0.351 e. The van der Waals surface area contributed by atoms with Crippen molar-refractivity contribution in [1.29, 1.82) is 0 Å². The Kier molecular flexibility index (Phi) is 8.10. The van der Waals surface area contributed by atoms with E-state index < -0.39 is 21.8 Å². The molecule has 0 amide bonds. The molecular formula is C26H31ClF3N7O2S. The van der Waals surface area contributed by atoms with Crippen molar-refractivity contribution in [2.45, 2.75) is 50.9 Å². The van der Waals surface area contributed by atoms with Crippen molar-refractivity contribution in [3.63, 3.8) is 0 Å². The molecule has 4 heterocycles. The number of alkyl halides is 3. The van der Waals surface area contributed by atoms with Crippen molar-refractivity contribution in [2.24, 2.45) is 5.92 Å². The van der Waals surface area contributed by atoms with Crippen LogP contribution < -0.4 is 10.6 Å². The number of imidazole rings is 1. The number of hydrogen-bond acceptors (Lipinski definition) is 7. The highest BCUT2D eigenvalue weighted by molar-refractivity contribution is 7.88. The van der Waals surface area contributed by atoms with Gasteiger partial charge in [-0.15, -0.1) is 0 Å². The predicted octanol–water partition coefficient (Wildman–Crippen LogP) is 4.90. The summed E-state index contributed by atoms with van der Waals surface area (Å²) in [5.41, 5.74) is 0.313. The van der Waals surface area contributed by atoms with Crippen LogP contribution in [0, 0.1) is 5.92 Å². The maximum absolute atomic E-state index is 13.9. The molecule has 0 bridgehead atoms. The SMILES string of the molecule is C[C@@H]1CN(S(C)(=O)=O)CC[C@@H]1Nc1ncc(C(F)(F)F)c(-c2cn(-c3ccc(C4CCCCN4)cc3Cl)cn2)n1. The molecule has 0 saturated carbocycles. The van der Waals surface area contributed by atoms with E-state index in [0.29, 0.717) is 30.2 Å². The molecule has 1 aromatic carbocycles. The molecule has 3 aromatic rings. The lowest BCUT2D eigenvalue weighted by atomic mass is 9.95. The molecule has 40 heavy (non-hydrogen) atoms. The Morgan fingerprint density at radius 1 is 1.18 bits per heavy atom. The van der Waals surface area contributed by atoms with E-state index in [2.05, 4.69) is 25.6 Å². The highest BCUT2D eigenvalue weighted by atomic mass is 35.5. The van der Waals surface area contributed by atoms with Gasteiger partial charge in [0.05, 0.1) is 17.0 Å². The molecule has 0 radical (unpaired) electrons. The number of sulfonamides is 1. The van der Waals surface area contributed by atoms with Crippen LogP contribution in [0.3, 0.4) is 0 Å². The molecule has 2 N–H and O–H groups in total. The lowest BCUT2D eigenvalue weighted by Crippen LogP contribution is -2.47. The summed E-state index contributed by atoms with van der Waals surface area (Å²) in [5, 5.41) is 7.05. The summed E-state index contributed by atoms with van der Waals surface area (Å²) in [7, 11) is -3.33. The number of rotatable bonds is 6. The zero-order chi connectivity index (χ0) is 28.7. The van der Waals surface area contributed by atoms with Gasteiger partial charge < -0.3 is 15.2 Å². The summed E-state index contributed by atoms with van der Waals surface area (Å²) in [6.45, 7) is 3.42. The zero-order valence-corrected chi connectivity index (χ0v) is 23.7. The fraction of sp³-hybridized carbons (Fsp3) is 0.500. The number of benzene rings is 1.